The van der Waals surface area contributed by atoms with E-state index in [1.54, 1.807) is 23.1 Å². The largest absolute Gasteiger partial charge is 0.447 e. The number of fused-ring (bicyclic) bond motifs is 1. The van der Waals surface area contributed by atoms with Gasteiger partial charge in [0.1, 0.15) is 12.4 Å². The molecule has 3 amide bonds. The molecule has 1 fully saturated rings. The number of carbonyl (C=O) groups is 2. The molecule has 3 heterocycles. The lowest BCUT2D eigenvalue weighted by molar-refractivity contribution is 0.181. The topological polar surface area (TPSA) is 101 Å². The highest BCUT2D eigenvalue weighted by atomic mass is 16.6. The van der Waals surface area contributed by atoms with Crippen LogP contribution in [0, 0.1) is 0 Å². The maximum atomic E-state index is 12.6. The van der Waals surface area contributed by atoms with Crippen LogP contribution in [-0.4, -0.2) is 40.0 Å². The molecular formula is C20H26N6O3. The van der Waals surface area contributed by atoms with Crippen molar-refractivity contribution in [2.24, 2.45) is 0 Å². The molecule has 0 unspecified atom stereocenters. The van der Waals surface area contributed by atoms with Crippen molar-refractivity contribution in [1.29, 1.82) is 0 Å². The Morgan fingerprint density at radius 2 is 2.14 bits per heavy atom. The minimum Gasteiger partial charge on any atom is -0.447 e. The summed E-state index contributed by atoms with van der Waals surface area (Å²) in [5, 5.41) is 14.6. The Morgan fingerprint density at radius 1 is 1.24 bits per heavy atom. The summed E-state index contributed by atoms with van der Waals surface area (Å²) in [7, 11) is 0. The summed E-state index contributed by atoms with van der Waals surface area (Å²) in [6.07, 6.45) is 4.70. The summed E-state index contributed by atoms with van der Waals surface area (Å²) in [6, 6.07) is 6.63. The van der Waals surface area contributed by atoms with Gasteiger partial charge in [-0.25, -0.2) is 9.59 Å². The average Bonchev–Trinajstić information content (AvgIpc) is 3.25. The van der Waals surface area contributed by atoms with Gasteiger partial charge in [-0.1, -0.05) is 19.4 Å². The second-order valence-electron chi connectivity index (χ2n) is 7.31. The second-order valence-corrected chi connectivity index (χ2v) is 7.31. The van der Waals surface area contributed by atoms with Gasteiger partial charge in [0, 0.05) is 24.3 Å². The number of amides is 3. The number of benzene rings is 1. The van der Waals surface area contributed by atoms with Crippen molar-refractivity contribution in [2.75, 3.05) is 23.4 Å². The quantitative estimate of drug-likeness (QED) is 0.805. The third kappa shape index (κ3) is 4.18. The van der Waals surface area contributed by atoms with Crippen LogP contribution in [0.2, 0.25) is 0 Å². The van der Waals surface area contributed by atoms with Crippen molar-refractivity contribution in [3.8, 4) is 0 Å². The third-order valence-corrected chi connectivity index (χ3v) is 5.34. The number of ether oxygens (including phenoxy) is 1. The molecule has 154 valence electrons. The van der Waals surface area contributed by atoms with Crippen molar-refractivity contribution in [3.05, 3.63) is 35.9 Å². The monoisotopic (exact) mass is 398 g/mol. The number of carbonyl (C=O) groups excluding carboxylic acids is 2. The van der Waals surface area contributed by atoms with Crippen LogP contribution in [-0.2, 0) is 17.7 Å². The maximum Gasteiger partial charge on any atom is 0.414 e. The van der Waals surface area contributed by atoms with E-state index < -0.39 is 0 Å². The number of hydrogen-bond donors (Lipinski definition) is 2. The highest BCUT2D eigenvalue weighted by molar-refractivity contribution is 5.93. The van der Waals surface area contributed by atoms with Gasteiger partial charge in [-0.2, -0.15) is 0 Å². The van der Waals surface area contributed by atoms with E-state index in [-0.39, 0.29) is 18.2 Å². The fourth-order valence-corrected chi connectivity index (χ4v) is 3.82. The van der Waals surface area contributed by atoms with Gasteiger partial charge in [0.25, 0.3) is 0 Å². The van der Waals surface area contributed by atoms with Gasteiger partial charge in [0.05, 0.1) is 12.6 Å². The van der Waals surface area contributed by atoms with E-state index in [9.17, 15) is 9.59 Å². The van der Waals surface area contributed by atoms with E-state index >= 15 is 0 Å². The number of anilines is 2. The number of rotatable bonds is 5. The Balaban J connectivity index is 1.44. The number of nitrogens with zero attached hydrogens (tertiary/aromatic N) is 4. The molecule has 1 saturated heterocycles. The lowest BCUT2D eigenvalue weighted by Crippen LogP contribution is -2.34. The van der Waals surface area contributed by atoms with Crippen molar-refractivity contribution in [1.82, 2.24) is 20.1 Å². The maximum absolute atomic E-state index is 12.6. The van der Waals surface area contributed by atoms with Gasteiger partial charge in [-0.3, -0.25) is 4.90 Å². The van der Waals surface area contributed by atoms with Crippen LogP contribution in [0.4, 0.5) is 21.0 Å². The molecule has 1 atom stereocenters. The van der Waals surface area contributed by atoms with Crippen LogP contribution in [0.15, 0.2) is 24.3 Å². The van der Waals surface area contributed by atoms with E-state index in [1.807, 2.05) is 13.0 Å². The summed E-state index contributed by atoms with van der Waals surface area (Å²) in [5.41, 5.74) is 1.30. The summed E-state index contributed by atoms with van der Waals surface area (Å²) < 4.78 is 7.13. The molecule has 0 aliphatic carbocycles. The van der Waals surface area contributed by atoms with Crippen molar-refractivity contribution in [2.45, 2.75) is 51.6 Å². The predicted octanol–water partition coefficient (Wildman–Crippen LogP) is 3.23. The van der Waals surface area contributed by atoms with E-state index in [0.29, 0.717) is 30.9 Å². The summed E-state index contributed by atoms with van der Waals surface area (Å²) >= 11 is 0. The standard InChI is InChI=1S/C20H26N6O3/c1-2-16(18-24-23-17-9-4-3-5-10-26(17)18)22-19(27)21-14-7-6-8-15(13-14)25-11-12-29-20(25)28/h6-8,13,16H,2-5,9-12H2,1H3,(H2,21,22,27)/t16-/m1/s1. The average molecular weight is 398 g/mol. The molecule has 0 radical (unpaired) electrons. The molecule has 0 spiro atoms. The van der Waals surface area contributed by atoms with Crippen LogP contribution in [0.5, 0.6) is 0 Å². The van der Waals surface area contributed by atoms with Crippen molar-refractivity contribution >= 4 is 23.5 Å². The Hall–Kier alpha value is -3.10. The number of urea groups is 1. The second kappa shape index (κ2) is 8.50. The highest BCUT2D eigenvalue weighted by Crippen LogP contribution is 2.23. The van der Waals surface area contributed by atoms with Crippen LogP contribution in [0.1, 0.15) is 50.3 Å². The molecule has 29 heavy (non-hydrogen) atoms. The molecule has 1 aromatic carbocycles. The Kier molecular flexibility index (Phi) is 5.64. The van der Waals surface area contributed by atoms with Gasteiger partial charge in [0.15, 0.2) is 5.82 Å². The van der Waals surface area contributed by atoms with E-state index in [4.69, 9.17) is 4.74 Å². The fourth-order valence-electron chi connectivity index (χ4n) is 3.82. The van der Waals surface area contributed by atoms with E-state index in [1.165, 1.54) is 6.42 Å². The van der Waals surface area contributed by atoms with Gasteiger partial charge in [-0.05, 0) is 37.5 Å². The number of aryl methyl sites for hydroxylation is 1. The zero-order valence-electron chi connectivity index (χ0n) is 16.6. The van der Waals surface area contributed by atoms with Crippen molar-refractivity contribution in [3.63, 3.8) is 0 Å². The summed E-state index contributed by atoms with van der Waals surface area (Å²) in [6.45, 7) is 3.79. The first-order chi connectivity index (χ1) is 14.2. The van der Waals surface area contributed by atoms with Gasteiger partial charge in [0.2, 0.25) is 0 Å². The Morgan fingerprint density at radius 3 is 2.93 bits per heavy atom. The summed E-state index contributed by atoms with van der Waals surface area (Å²) in [4.78, 5) is 25.9. The Bertz CT molecular complexity index is 896. The molecule has 0 bridgehead atoms. The van der Waals surface area contributed by atoms with Crippen molar-refractivity contribution < 1.29 is 14.3 Å². The smallest absolute Gasteiger partial charge is 0.414 e. The molecule has 9 heteroatoms. The molecule has 9 nitrogen and oxygen atoms in total. The Labute approximate surface area is 169 Å². The molecule has 2 aliphatic rings. The number of cyclic esters (lactones) is 1. The number of nitrogens with one attached hydrogen (secondary N) is 2. The fraction of sp³-hybridized carbons (Fsp3) is 0.500. The number of hydrogen-bond acceptors (Lipinski definition) is 5. The predicted molar refractivity (Wildman–Crippen MR) is 108 cm³/mol. The normalized spacial score (nSPS) is 17.3. The molecule has 1 aromatic heterocycles. The van der Waals surface area contributed by atoms with Gasteiger partial charge < -0.3 is 19.9 Å². The molecule has 2 aromatic rings. The first kappa shape index (κ1) is 19.2. The SMILES string of the molecule is CC[C@@H](NC(=O)Nc1cccc(N2CCOC2=O)c1)c1nnc2n1CCCCC2. The van der Waals surface area contributed by atoms with Gasteiger partial charge >= 0.3 is 12.1 Å². The van der Waals surface area contributed by atoms with Crippen LogP contribution >= 0.6 is 0 Å². The van der Waals surface area contributed by atoms with Crippen LogP contribution in [0.3, 0.4) is 0 Å². The minimum absolute atomic E-state index is 0.217. The van der Waals surface area contributed by atoms with Gasteiger partial charge in [-0.15, -0.1) is 10.2 Å². The molecule has 2 N–H and O–H groups in total. The zero-order chi connectivity index (χ0) is 20.2. The van der Waals surface area contributed by atoms with E-state index in [2.05, 4.69) is 25.4 Å². The first-order valence-electron chi connectivity index (χ1n) is 10.2. The zero-order valence-corrected chi connectivity index (χ0v) is 16.6. The summed E-state index contributed by atoms with van der Waals surface area (Å²) in [5.74, 6) is 1.82. The third-order valence-electron chi connectivity index (χ3n) is 5.34. The lowest BCUT2D eigenvalue weighted by atomic mass is 10.2. The number of aromatic nitrogens is 3. The highest BCUT2D eigenvalue weighted by Gasteiger charge is 2.25. The van der Waals surface area contributed by atoms with Crippen LogP contribution < -0.4 is 15.5 Å². The van der Waals surface area contributed by atoms with Crippen LogP contribution in [0.25, 0.3) is 0 Å². The first-order valence-corrected chi connectivity index (χ1v) is 10.2. The molecule has 0 saturated carbocycles. The molecular weight excluding hydrogens is 372 g/mol. The molecule has 2 aliphatic heterocycles. The minimum atomic E-state index is -0.370. The lowest BCUT2D eigenvalue weighted by Gasteiger charge is -2.19. The van der Waals surface area contributed by atoms with E-state index in [0.717, 1.165) is 37.5 Å². The molecule has 4 rings (SSSR count).